The van der Waals surface area contributed by atoms with Crippen LogP contribution in [-0.2, 0) is 6.54 Å². The highest BCUT2D eigenvalue weighted by molar-refractivity contribution is 5.35. The highest BCUT2D eigenvalue weighted by Gasteiger charge is 2.21. The van der Waals surface area contributed by atoms with Crippen molar-refractivity contribution in [2.45, 2.75) is 32.5 Å². The molecule has 2 atom stereocenters. The van der Waals surface area contributed by atoms with E-state index in [1.165, 1.54) is 12.1 Å². The summed E-state index contributed by atoms with van der Waals surface area (Å²) in [4.78, 5) is 12.1. The Balaban J connectivity index is 2.07. The minimum Gasteiger partial charge on any atom is -0.309 e. The van der Waals surface area contributed by atoms with Crippen molar-refractivity contribution >= 4 is 5.69 Å². The third-order valence-electron chi connectivity index (χ3n) is 3.25. The standard InChI is InChI=1S/C13H18FN3O2/c1-9-6-16(7-10(2)15-9)8-11-3-4-13(17(18)19)12(14)5-11/h3-5,9-10,15H,6-8H2,1-2H3. The van der Waals surface area contributed by atoms with Crippen molar-refractivity contribution in [3.63, 3.8) is 0 Å². The monoisotopic (exact) mass is 267 g/mol. The Labute approximate surface area is 111 Å². The summed E-state index contributed by atoms with van der Waals surface area (Å²) in [6.07, 6.45) is 0. The first-order valence-corrected chi connectivity index (χ1v) is 6.37. The summed E-state index contributed by atoms with van der Waals surface area (Å²) in [5, 5.41) is 14.0. The summed E-state index contributed by atoms with van der Waals surface area (Å²) in [5.74, 6) is -0.765. The SMILES string of the molecule is CC1CN(Cc2ccc([N+](=O)[O-])c(F)c2)CC(C)N1. The zero-order chi connectivity index (χ0) is 14.0. The van der Waals surface area contributed by atoms with Crippen LogP contribution < -0.4 is 5.32 Å². The minimum atomic E-state index is -0.765. The van der Waals surface area contributed by atoms with Crippen molar-refractivity contribution in [1.29, 1.82) is 0 Å². The van der Waals surface area contributed by atoms with Gasteiger partial charge in [-0.2, -0.15) is 4.39 Å². The Morgan fingerprint density at radius 3 is 2.58 bits per heavy atom. The van der Waals surface area contributed by atoms with Gasteiger partial charge in [0.2, 0.25) is 5.82 Å². The highest BCUT2D eigenvalue weighted by atomic mass is 19.1. The van der Waals surface area contributed by atoms with E-state index in [1.807, 2.05) is 0 Å². The van der Waals surface area contributed by atoms with Gasteiger partial charge in [-0.3, -0.25) is 15.0 Å². The predicted molar refractivity (Wildman–Crippen MR) is 70.4 cm³/mol. The molecule has 0 amide bonds. The Bertz CT molecular complexity index is 471. The van der Waals surface area contributed by atoms with Crippen LogP contribution in [0.25, 0.3) is 0 Å². The Morgan fingerprint density at radius 1 is 1.42 bits per heavy atom. The molecule has 2 unspecified atom stereocenters. The van der Waals surface area contributed by atoms with Gasteiger partial charge < -0.3 is 5.32 Å². The van der Waals surface area contributed by atoms with Crippen molar-refractivity contribution in [2.75, 3.05) is 13.1 Å². The number of hydrogen-bond acceptors (Lipinski definition) is 4. The maximum Gasteiger partial charge on any atom is 0.304 e. The van der Waals surface area contributed by atoms with Gasteiger partial charge in [-0.25, -0.2) is 0 Å². The van der Waals surface area contributed by atoms with Crippen molar-refractivity contribution in [1.82, 2.24) is 10.2 Å². The van der Waals surface area contributed by atoms with E-state index in [0.29, 0.717) is 18.6 Å². The first-order valence-electron chi connectivity index (χ1n) is 6.37. The van der Waals surface area contributed by atoms with Gasteiger partial charge in [0, 0.05) is 37.8 Å². The third-order valence-corrected chi connectivity index (χ3v) is 3.25. The Morgan fingerprint density at radius 2 is 2.05 bits per heavy atom. The van der Waals surface area contributed by atoms with Crippen LogP contribution in [0, 0.1) is 15.9 Å². The fourth-order valence-electron chi connectivity index (χ4n) is 2.62. The van der Waals surface area contributed by atoms with Gasteiger partial charge in [-0.05, 0) is 25.5 Å². The molecule has 5 nitrogen and oxygen atoms in total. The van der Waals surface area contributed by atoms with E-state index >= 15 is 0 Å². The number of rotatable bonds is 3. The lowest BCUT2D eigenvalue weighted by Crippen LogP contribution is -2.53. The molecule has 6 heteroatoms. The number of nitro benzene ring substituents is 1. The summed E-state index contributed by atoms with van der Waals surface area (Å²) < 4.78 is 13.5. The highest BCUT2D eigenvalue weighted by Crippen LogP contribution is 2.19. The molecule has 2 rings (SSSR count). The summed E-state index contributed by atoms with van der Waals surface area (Å²) in [6, 6.07) is 4.91. The molecule has 0 bridgehead atoms. The number of hydrogen-bond donors (Lipinski definition) is 1. The van der Waals surface area contributed by atoms with Crippen LogP contribution in [0.3, 0.4) is 0 Å². The smallest absolute Gasteiger partial charge is 0.304 e. The van der Waals surface area contributed by atoms with E-state index in [-0.39, 0.29) is 0 Å². The van der Waals surface area contributed by atoms with Gasteiger partial charge in [-0.1, -0.05) is 6.07 Å². The fraction of sp³-hybridized carbons (Fsp3) is 0.538. The Hall–Kier alpha value is -1.53. The molecule has 104 valence electrons. The number of nitrogens with one attached hydrogen (secondary N) is 1. The van der Waals surface area contributed by atoms with Crippen molar-refractivity contribution < 1.29 is 9.31 Å². The minimum absolute atomic E-state index is 0.395. The number of piperazine rings is 1. The van der Waals surface area contributed by atoms with Crippen LogP contribution in [0.5, 0.6) is 0 Å². The second-order valence-corrected chi connectivity index (χ2v) is 5.21. The molecule has 19 heavy (non-hydrogen) atoms. The lowest BCUT2D eigenvalue weighted by Gasteiger charge is -2.36. The van der Waals surface area contributed by atoms with Crippen molar-refractivity contribution in [3.05, 3.63) is 39.7 Å². The van der Waals surface area contributed by atoms with Gasteiger partial charge in [0.15, 0.2) is 0 Å². The predicted octanol–water partition coefficient (Wildman–Crippen LogP) is 1.92. The first kappa shape index (κ1) is 13.9. The van der Waals surface area contributed by atoms with Crippen LogP contribution in [-0.4, -0.2) is 35.0 Å². The zero-order valence-corrected chi connectivity index (χ0v) is 11.1. The summed E-state index contributed by atoms with van der Waals surface area (Å²) in [5.41, 5.74) is 0.301. The van der Waals surface area contributed by atoms with Gasteiger partial charge in [0.05, 0.1) is 4.92 Å². The molecule has 1 N–H and O–H groups in total. The molecular formula is C13H18FN3O2. The average Bonchev–Trinajstić information content (AvgIpc) is 2.26. The largest absolute Gasteiger partial charge is 0.309 e. The van der Waals surface area contributed by atoms with E-state index in [9.17, 15) is 14.5 Å². The number of benzene rings is 1. The quantitative estimate of drug-likeness (QED) is 0.671. The normalized spacial score (nSPS) is 24.4. The zero-order valence-electron chi connectivity index (χ0n) is 11.1. The Kier molecular flexibility index (Phi) is 4.11. The van der Waals surface area contributed by atoms with Crippen LogP contribution in [0.2, 0.25) is 0 Å². The maximum atomic E-state index is 13.5. The number of nitro groups is 1. The molecule has 0 saturated carbocycles. The van der Waals surface area contributed by atoms with Gasteiger partial charge in [0.25, 0.3) is 0 Å². The lowest BCUT2D eigenvalue weighted by atomic mass is 10.1. The third kappa shape index (κ3) is 3.48. The van der Waals surface area contributed by atoms with Crippen molar-refractivity contribution in [2.24, 2.45) is 0 Å². The number of halogens is 1. The van der Waals surface area contributed by atoms with E-state index in [2.05, 4.69) is 24.1 Å². The molecule has 1 heterocycles. The molecule has 0 aliphatic carbocycles. The fourth-order valence-corrected chi connectivity index (χ4v) is 2.62. The van der Waals surface area contributed by atoms with Gasteiger partial charge in [-0.15, -0.1) is 0 Å². The van der Waals surface area contributed by atoms with E-state index in [4.69, 9.17) is 0 Å². The summed E-state index contributed by atoms with van der Waals surface area (Å²) in [7, 11) is 0. The van der Waals surface area contributed by atoms with Crippen LogP contribution in [0.4, 0.5) is 10.1 Å². The van der Waals surface area contributed by atoms with Gasteiger partial charge in [0.1, 0.15) is 0 Å². The van der Waals surface area contributed by atoms with E-state index in [0.717, 1.165) is 18.7 Å². The topological polar surface area (TPSA) is 58.4 Å². The summed E-state index contributed by atoms with van der Waals surface area (Å²) >= 11 is 0. The molecule has 0 aromatic heterocycles. The lowest BCUT2D eigenvalue weighted by molar-refractivity contribution is -0.387. The molecule has 1 saturated heterocycles. The maximum absolute atomic E-state index is 13.5. The average molecular weight is 267 g/mol. The van der Waals surface area contributed by atoms with E-state index < -0.39 is 16.4 Å². The molecular weight excluding hydrogens is 249 g/mol. The molecule has 0 spiro atoms. The second kappa shape index (κ2) is 5.63. The van der Waals surface area contributed by atoms with E-state index in [1.54, 1.807) is 6.07 Å². The second-order valence-electron chi connectivity index (χ2n) is 5.21. The summed E-state index contributed by atoms with van der Waals surface area (Å²) in [6.45, 7) is 6.62. The number of nitrogens with zero attached hydrogens (tertiary/aromatic N) is 2. The molecule has 1 aromatic rings. The molecule has 1 fully saturated rings. The van der Waals surface area contributed by atoms with Crippen molar-refractivity contribution in [3.8, 4) is 0 Å². The molecule has 1 aliphatic rings. The van der Waals surface area contributed by atoms with Crippen LogP contribution in [0.15, 0.2) is 18.2 Å². The first-order chi connectivity index (χ1) is 8.95. The molecule has 0 radical (unpaired) electrons. The molecule has 1 aliphatic heterocycles. The van der Waals surface area contributed by atoms with Crippen LogP contribution in [0.1, 0.15) is 19.4 Å². The van der Waals surface area contributed by atoms with Gasteiger partial charge >= 0.3 is 5.69 Å². The van der Waals surface area contributed by atoms with Crippen LogP contribution >= 0.6 is 0 Å². The molecule has 1 aromatic carbocycles.